The number of imidazole rings is 2. The Labute approximate surface area is 383 Å². The van der Waals surface area contributed by atoms with E-state index in [2.05, 4.69) is 72.4 Å². The van der Waals surface area contributed by atoms with Crippen molar-refractivity contribution in [2.75, 3.05) is 30.3 Å². The lowest BCUT2D eigenvalue weighted by atomic mass is 10.3. The fourth-order valence-electron chi connectivity index (χ4n) is 6.52. The number of nitrogens with zero attached hydrogens (tertiary/aromatic N) is 8. The van der Waals surface area contributed by atoms with Gasteiger partial charge in [-0.3, -0.25) is 9.97 Å². The van der Waals surface area contributed by atoms with Gasteiger partial charge in [-0.2, -0.15) is 0 Å². The maximum atomic E-state index is 14.9. The molecule has 14 nitrogen and oxygen atoms in total. The summed E-state index contributed by atoms with van der Waals surface area (Å²) in [5.74, 6) is 1.84. The number of aromatic amines is 2. The van der Waals surface area contributed by atoms with Crippen LogP contribution in [0.5, 0.6) is 0 Å². The van der Waals surface area contributed by atoms with E-state index in [-0.39, 0.29) is 37.6 Å². The summed E-state index contributed by atoms with van der Waals surface area (Å²) >= 11 is 2.52. The molecule has 0 radical (unpaired) electrons. The number of nitrogens with two attached hydrogens (primary N) is 1. The third kappa shape index (κ3) is 11.2. The van der Waals surface area contributed by atoms with E-state index in [1.807, 2.05) is 48.5 Å². The third-order valence-electron chi connectivity index (χ3n) is 9.81. The highest BCUT2D eigenvalue weighted by Gasteiger charge is 2.19. The number of fused-ring (bicyclic) bond motifs is 4. The van der Waals surface area contributed by atoms with Crippen LogP contribution in [0.25, 0.3) is 48.6 Å². The van der Waals surface area contributed by atoms with Gasteiger partial charge in [0.2, 0.25) is 0 Å². The molecule has 0 saturated carbocycles. The normalized spacial score (nSPS) is 12.1. The number of para-hydroxylation sites is 4. The van der Waals surface area contributed by atoms with Crippen LogP contribution in [0.1, 0.15) is 45.4 Å². The molecule has 20 heteroatoms. The van der Waals surface area contributed by atoms with Gasteiger partial charge in [0.1, 0.15) is 44.3 Å². The summed E-state index contributed by atoms with van der Waals surface area (Å²) < 4.78 is 57.5. The van der Waals surface area contributed by atoms with Crippen molar-refractivity contribution in [1.82, 2.24) is 55.2 Å². The first-order valence-electron chi connectivity index (χ1n) is 20.6. The van der Waals surface area contributed by atoms with Crippen LogP contribution >= 0.6 is 22.7 Å². The van der Waals surface area contributed by atoms with Crippen molar-refractivity contribution < 1.29 is 17.6 Å². The van der Waals surface area contributed by atoms with Gasteiger partial charge >= 0.3 is 0 Å². The highest BCUT2D eigenvalue weighted by molar-refractivity contribution is 7.19. The molecule has 0 aliphatic carbocycles. The van der Waals surface area contributed by atoms with E-state index < -0.39 is 24.0 Å². The standard InChI is InChI=1S/C23H21F2N7S.C14H13F2N5S.C9H8N2/c24-14-4-3-9-27-18(14)13-29-22-21-19(7-11-28-22)33-23(32-21)15(25)12-26-10-8-20-30-16-5-1-2-6-17(16)31-20;15-8-2-1-4-18-10(8)7-20-13-12-11(3-5-19-13)22-14(21-12)9(16)6-17;1-2-9-10-7-5-3-4-6-8(7)11-9/h1-7,9,11,15,26H,8,10,12-13H2,(H,28,29)(H,30,31);1-5,9H,6-7,17H2,(H,19,20);2-6H,1H2,(H,10,11)/t15-;9-;/m11./s1. The maximum absolute atomic E-state index is 14.9. The van der Waals surface area contributed by atoms with E-state index in [1.165, 1.54) is 59.3 Å². The van der Waals surface area contributed by atoms with E-state index in [4.69, 9.17) is 5.73 Å². The maximum Gasteiger partial charge on any atom is 0.164 e. The van der Waals surface area contributed by atoms with Gasteiger partial charge in [-0.15, -0.1) is 22.7 Å². The predicted molar refractivity (Wildman–Crippen MR) is 253 cm³/mol. The zero-order valence-corrected chi connectivity index (χ0v) is 36.7. The van der Waals surface area contributed by atoms with Crippen molar-refractivity contribution in [2.45, 2.75) is 31.9 Å². The fraction of sp³-hybridized carbons (Fsp3) is 0.174. The third-order valence-corrected chi connectivity index (χ3v) is 12.0. The van der Waals surface area contributed by atoms with Gasteiger partial charge in [0, 0.05) is 50.8 Å². The second-order valence-electron chi connectivity index (χ2n) is 14.4. The average Bonchev–Trinajstić information content (AvgIpc) is 4.17. The van der Waals surface area contributed by atoms with E-state index in [9.17, 15) is 17.6 Å². The Bertz CT molecular complexity index is 3120. The Morgan fingerprint density at radius 1 is 0.636 bits per heavy atom. The second-order valence-corrected chi connectivity index (χ2v) is 16.5. The summed E-state index contributed by atoms with van der Waals surface area (Å²) in [7, 11) is 0. The van der Waals surface area contributed by atoms with Crippen LogP contribution in [0.15, 0.2) is 116 Å². The molecular weight excluding hydrogens is 889 g/mol. The first kappa shape index (κ1) is 45.3. The average molecular weight is 931 g/mol. The number of nitrogens with one attached hydrogen (secondary N) is 5. The molecule has 0 aliphatic heterocycles. The van der Waals surface area contributed by atoms with Gasteiger partial charge in [0.15, 0.2) is 24.0 Å². The second kappa shape index (κ2) is 21.6. The molecule has 0 aliphatic rings. The van der Waals surface area contributed by atoms with Crippen LogP contribution in [-0.4, -0.2) is 69.5 Å². The number of benzene rings is 2. The summed E-state index contributed by atoms with van der Waals surface area (Å²) in [5, 5.41) is 9.88. The van der Waals surface area contributed by atoms with E-state index in [0.29, 0.717) is 45.6 Å². The first-order valence-corrected chi connectivity index (χ1v) is 22.3. The zero-order chi connectivity index (χ0) is 45.8. The Balaban J connectivity index is 0.000000153. The van der Waals surface area contributed by atoms with E-state index in [1.54, 1.807) is 30.6 Å². The van der Waals surface area contributed by atoms with Crippen LogP contribution < -0.4 is 21.7 Å². The van der Waals surface area contributed by atoms with Gasteiger partial charge in [-0.1, -0.05) is 30.8 Å². The summed E-state index contributed by atoms with van der Waals surface area (Å²) in [5.41, 5.74) is 11.0. The van der Waals surface area contributed by atoms with Crippen LogP contribution in [-0.2, 0) is 19.5 Å². The number of alkyl halides is 2. The van der Waals surface area contributed by atoms with Crippen molar-refractivity contribution in [2.24, 2.45) is 5.73 Å². The number of halogens is 4. The number of aromatic nitrogens is 10. The Morgan fingerprint density at radius 2 is 1.18 bits per heavy atom. The van der Waals surface area contributed by atoms with Crippen molar-refractivity contribution >= 4 is 82.9 Å². The fourth-order valence-corrected chi connectivity index (χ4v) is 8.42. The van der Waals surface area contributed by atoms with Crippen LogP contribution in [0, 0.1) is 11.6 Å². The van der Waals surface area contributed by atoms with Crippen molar-refractivity contribution in [3.63, 3.8) is 0 Å². The number of anilines is 2. The molecule has 336 valence electrons. The molecule has 2 aromatic carbocycles. The van der Waals surface area contributed by atoms with Gasteiger partial charge in [0.05, 0.1) is 55.9 Å². The number of thiazole rings is 2. The number of pyridine rings is 4. The van der Waals surface area contributed by atoms with Gasteiger partial charge in [0.25, 0.3) is 0 Å². The summed E-state index contributed by atoms with van der Waals surface area (Å²) in [4.78, 5) is 40.3. The topological polar surface area (TPSA) is 197 Å². The molecule has 10 rings (SSSR count). The molecule has 2 atom stereocenters. The zero-order valence-electron chi connectivity index (χ0n) is 35.1. The van der Waals surface area contributed by atoms with Crippen molar-refractivity contribution in [1.29, 1.82) is 0 Å². The van der Waals surface area contributed by atoms with Gasteiger partial charge in [-0.25, -0.2) is 47.5 Å². The van der Waals surface area contributed by atoms with Gasteiger partial charge < -0.3 is 31.7 Å². The molecule has 0 bridgehead atoms. The lowest BCUT2D eigenvalue weighted by molar-refractivity contribution is 0.328. The highest BCUT2D eigenvalue weighted by Crippen LogP contribution is 2.32. The molecule has 0 fully saturated rings. The lowest BCUT2D eigenvalue weighted by Gasteiger charge is -2.07. The molecule has 7 N–H and O–H groups in total. The summed E-state index contributed by atoms with van der Waals surface area (Å²) in [6.45, 7) is 4.59. The van der Waals surface area contributed by atoms with Gasteiger partial charge in [-0.05, 0) is 66.7 Å². The quantitative estimate of drug-likeness (QED) is 0.0421. The molecular formula is C46H42F4N14S2. The Morgan fingerprint density at radius 3 is 1.71 bits per heavy atom. The lowest BCUT2D eigenvalue weighted by Crippen LogP contribution is -2.22. The minimum absolute atomic E-state index is 0.116. The van der Waals surface area contributed by atoms with Crippen LogP contribution in [0.3, 0.4) is 0 Å². The Hall–Kier alpha value is -7.26. The van der Waals surface area contributed by atoms with Crippen molar-refractivity contribution in [3.8, 4) is 0 Å². The molecule has 10 aromatic rings. The molecule has 0 unspecified atom stereocenters. The number of H-pyrrole nitrogens is 2. The smallest absolute Gasteiger partial charge is 0.164 e. The minimum atomic E-state index is -1.29. The van der Waals surface area contributed by atoms with Crippen molar-refractivity contribution in [3.05, 3.63) is 161 Å². The predicted octanol–water partition coefficient (Wildman–Crippen LogP) is 9.57. The number of hydrogen-bond donors (Lipinski definition) is 6. The largest absolute Gasteiger partial charge is 0.362 e. The van der Waals surface area contributed by atoms with E-state index in [0.717, 1.165) is 43.1 Å². The molecule has 0 spiro atoms. The minimum Gasteiger partial charge on any atom is -0.362 e. The molecule has 0 amide bonds. The highest BCUT2D eigenvalue weighted by atomic mass is 32.1. The monoisotopic (exact) mass is 930 g/mol. The summed E-state index contributed by atoms with van der Waals surface area (Å²) in [6, 6.07) is 25.1. The SMILES string of the molecule is C=Cc1nc2ccccc2[nH]1.Fc1cccnc1CNc1nccc2sc([C@H](F)CNCCc3nc4ccccc4[nH]3)nc12.NC[C@@H](F)c1nc2c(NCc3ncccc3F)nccc2s1. The van der Waals surface area contributed by atoms with E-state index >= 15 is 0 Å². The molecule has 8 heterocycles. The molecule has 0 saturated heterocycles. The summed E-state index contributed by atoms with van der Waals surface area (Å²) in [6.07, 6.45) is 6.10. The molecule has 66 heavy (non-hydrogen) atoms. The van der Waals surface area contributed by atoms with Crippen LogP contribution in [0.4, 0.5) is 29.2 Å². The molecule has 8 aromatic heterocycles. The van der Waals surface area contributed by atoms with Crippen LogP contribution in [0.2, 0.25) is 0 Å². The number of hydrogen-bond acceptors (Lipinski definition) is 14. The first-order chi connectivity index (χ1) is 32.3. The number of rotatable bonds is 15. The Kier molecular flexibility index (Phi) is 14.8.